The molecular formula is C26H22BrN5O2S. The molecule has 0 fully saturated rings. The molecule has 0 saturated carbocycles. The summed E-state index contributed by atoms with van der Waals surface area (Å²) < 4.78 is 6.51. The van der Waals surface area contributed by atoms with E-state index in [9.17, 15) is 4.79 Å². The maximum atomic E-state index is 12.5. The number of rotatable bonds is 7. The van der Waals surface area contributed by atoms with Gasteiger partial charge in [0, 0.05) is 16.1 Å². The second kappa shape index (κ2) is 11.7. The van der Waals surface area contributed by atoms with E-state index in [0.29, 0.717) is 17.3 Å². The number of halogens is 1. The van der Waals surface area contributed by atoms with E-state index in [1.807, 2.05) is 66.7 Å². The summed E-state index contributed by atoms with van der Waals surface area (Å²) in [7, 11) is 0. The number of carbonyl (C=O) groups is 1. The van der Waals surface area contributed by atoms with Gasteiger partial charge < -0.3 is 21.1 Å². The van der Waals surface area contributed by atoms with Crippen molar-refractivity contribution in [1.82, 2.24) is 10.2 Å². The van der Waals surface area contributed by atoms with Crippen molar-refractivity contribution >= 4 is 50.7 Å². The SMILES string of the molecule is NC(CC(=O)Oc1ccccc1NC(=S)Nc1ccc(-c2ccccc2)nn1)c1ccc(Br)cc1. The molecule has 3 aromatic carbocycles. The minimum atomic E-state index is -0.476. The Morgan fingerprint density at radius 1 is 0.914 bits per heavy atom. The van der Waals surface area contributed by atoms with Gasteiger partial charge in [-0.3, -0.25) is 4.79 Å². The lowest BCUT2D eigenvalue weighted by Crippen LogP contribution is -2.22. The van der Waals surface area contributed by atoms with Crippen LogP contribution in [-0.4, -0.2) is 21.3 Å². The van der Waals surface area contributed by atoms with Gasteiger partial charge in [-0.05, 0) is 54.2 Å². The number of para-hydroxylation sites is 2. The molecule has 4 aromatic rings. The van der Waals surface area contributed by atoms with Crippen LogP contribution in [0.1, 0.15) is 18.0 Å². The first-order chi connectivity index (χ1) is 17.0. The lowest BCUT2D eigenvalue weighted by Gasteiger charge is -2.15. The fourth-order valence-corrected chi connectivity index (χ4v) is 3.74. The summed E-state index contributed by atoms with van der Waals surface area (Å²) in [6.07, 6.45) is 0.0298. The molecule has 35 heavy (non-hydrogen) atoms. The third-order valence-electron chi connectivity index (χ3n) is 5.02. The number of hydrogen-bond acceptors (Lipinski definition) is 6. The predicted molar refractivity (Wildman–Crippen MR) is 145 cm³/mol. The molecule has 4 N–H and O–H groups in total. The molecule has 0 spiro atoms. The Labute approximate surface area is 216 Å². The predicted octanol–water partition coefficient (Wildman–Crippen LogP) is 5.71. The van der Waals surface area contributed by atoms with Crippen LogP contribution in [0.2, 0.25) is 0 Å². The van der Waals surface area contributed by atoms with Gasteiger partial charge in [-0.1, -0.05) is 70.5 Å². The van der Waals surface area contributed by atoms with Gasteiger partial charge in [0.1, 0.15) is 0 Å². The van der Waals surface area contributed by atoms with Gasteiger partial charge in [-0.25, -0.2) is 0 Å². The normalized spacial score (nSPS) is 11.4. The van der Waals surface area contributed by atoms with Crippen LogP contribution in [0.25, 0.3) is 11.3 Å². The van der Waals surface area contributed by atoms with Crippen molar-refractivity contribution in [2.24, 2.45) is 5.73 Å². The highest BCUT2D eigenvalue weighted by Gasteiger charge is 2.16. The van der Waals surface area contributed by atoms with Crippen LogP contribution in [0.3, 0.4) is 0 Å². The number of nitrogens with two attached hydrogens (primary N) is 1. The van der Waals surface area contributed by atoms with Crippen molar-refractivity contribution in [3.8, 4) is 17.0 Å². The highest BCUT2D eigenvalue weighted by molar-refractivity contribution is 9.10. The van der Waals surface area contributed by atoms with E-state index in [0.717, 1.165) is 21.3 Å². The second-order valence-corrected chi connectivity index (χ2v) is 8.91. The number of anilines is 2. The van der Waals surface area contributed by atoms with Gasteiger partial charge in [-0.15, -0.1) is 10.2 Å². The fourth-order valence-electron chi connectivity index (χ4n) is 3.26. The summed E-state index contributed by atoms with van der Waals surface area (Å²) in [5, 5.41) is 14.7. The molecule has 1 aromatic heterocycles. The third-order valence-corrected chi connectivity index (χ3v) is 5.75. The molecule has 4 rings (SSSR count). The van der Waals surface area contributed by atoms with Crippen molar-refractivity contribution in [3.05, 3.63) is 101 Å². The molecule has 0 aliphatic heterocycles. The Hall–Kier alpha value is -3.66. The average Bonchev–Trinajstić information content (AvgIpc) is 2.86. The van der Waals surface area contributed by atoms with E-state index in [1.165, 1.54) is 0 Å². The van der Waals surface area contributed by atoms with E-state index in [-0.39, 0.29) is 11.5 Å². The van der Waals surface area contributed by atoms with Crippen molar-refractivity contribution in [3.63, 3.8) is 0 Å². The minimum Gasteiger partial charge on any atom is -0.424 e. The van der Waals surface area contributed by atoms with Gasteiger partial charge in [0.15, 0.2) is 16.7 Å². The van der Waals surface area contributed by atoms with Crippen LogP contribution in [0.15, 0.2) is 95.5 Å². The number of carbonyl (C=O) groups excluding carboxylic acids is 1. The first-order valence-electron chi connectivity index (χ1n) is 10.8. The number of benzene rings is 3. The molecule has 7 nitrogen and oxygen atoms in total. The van der Waals surface area contributed by atoms with Crippen LogP contribution in [0, 0.1) is 0 Å². The summed E-state index contributed by atoms with van der Waals surface area (Å²) in [6, 6.07) is 27.5. The molecule has 0 amide bonds. The number of ether oxygens (including phenoxy) is 1. The molecule has 0 aliphatic rings. The van der Waals surface area contributed by atoms with E-state index >= 15 is 0 Å². The largest absolute Gasteiger partial charge is 0.424 e. The zero-order valence-electron chi connectivity index (χ0n) is 18.5. The number of nitrogens with one attached hydrogen (secondary N) is 2. The number of thiocarbonyl (C=S) groups is 1. The van der Waals surface area contributed by atoms with Gasteiger partial charge in [0.25, 0.3) is 0 Å². The molecule has 1 atom stereocenters. The van der Waals surface area contributed by atoms with Crippen LogP contribution in [0.5, 0.6) is 5.75 Å². The number of hydrogen-bond donors (Lipinski definition) is 3. The smallest absolute Gasteiger partial charge is 0.313 e. The molecule has 1 unspecified atom stereocenters. The monoisotopic (exact) mass is 547 g/mol. The molecule has 1 heterocycles. The summed E-state index contributed by atoms with van der Waals surface area (Å²) in [5.74, 6) is 0.378. The Bertz CT molecular complexity index is 1300. The average molecular weight is 548 g/mol. The van der Waals surface area contributed by atoms with E-state index in [1.54, 1.807) is 24.3 Å². The van der Waals surface area contributed by atoms with Crippen LogP contribution < -0.4 is 21.1 Å². The number of esters is 1. The Morgan fingerprint density at radius 3 is 2.34 bits per heavy atom. The van der Waals surface area contributed by atoms with Gasteiger partial charge in [0.05, 0.1) is 17.8 Å². The highest BCUT2D eigenvalue weighted by atomic mass is 79.9. The number of aromatic nitrogens is 2. The van der Waals surface area contributed by atoms with Gasteiger partial charge >= 0.3 is 5.97 Å². The molecule has 9 heteroatoms. The van der Waals surface area contributed by atoms with Crippen molar-refractivity contribution in [1.29, 1.82) is 0 Å². The standard InChI is InChI=1S/C26H22BrN5O2S/c27-19-12-10-17(11-13-19)20(28)16-25(33)34-23-9-5-4-8-22(23)29-26(35)30-24-15-14-21(31-32-24)18-6-2-1-3-7-18/h1-15,20H,16,28H2,(H2,29,30,32,35). The zero-order chi connectivity index (χ0) is 24.6. The van der Waals surface area contributed by atoms with E-state index in [2.05, 4.69) is 36.8 Å². The van der Waals surface area contributed by atoms with Crippen LogP contribution >= 0.6 is 28.1 Å². The Balaban J connectivity index is 1.35. The Kier molecular flexibility index (Phi) is 8.15. The first kappa shape index (κ1) is 24.5. The fraction of sp³-hybridized carbons (Fsp3) is 0.0769. The summed E-state index contributed by atoms with van der Waals surface area (Å²) in [4.78, 5) is 12.5. The number of nitrogens with zero attached hydrogens (tertiary/aromatic N) is 2. The molecular weight excluding hydrogens is 526 g/mol. The quantitative estimate of drug-likeness (QED) is 0.153. The van der Waals surface area contributed by atoms with Crippen molar-refractivity contribution in [2.45, 2.75) is 12.5 Å². The first-order valence-corrected chi connectivity index (χ1v) is 12.0. The zero-order valence-corrected chi connectivity index (χ0v) is 20.9. The lowest BCUT2D eigenvalue weighted by molar-refractivity contribution is -0.134. The molecule has 0 bridgehead atoms. The molecule has 0 aliphatic carbocycles. The third kappa shape index (κ3) is 6.92. The lowest BCUT2D eigenvalue weighted by atomic mass is 10.1. The van der Waals surface area contributed by atoms with Crippen LogP contribution in [-0.2, 0) is 4.79 Å². The summed E-state index contributed by atoms with van der Waals surface area (Å²) in [6.45, 7) is 0. The van der Waals surface area contributed by atoms with E-state index in [4.69, 9.17) is 22.7 Å². The van der Waals surface area contributed by atoms with Gasteiger partial charge in [-0.2, -0.15) is 0 Å². The highest BCUT2D eigenvalue weighted by Crippen LogP contribution is 2.26. The van der Waals surface area contributed by atoms with Crippen LogP contribution in [0.4, 0.5) is 11.5 Å². The van der Waals surface area contributed by atoms with Gasteiger partial charge in [0.2, 0.25) is 0 Å². The second-order valence-electron chi connectivity index (χ2n) is 7.58. The summed E-state index contributed by atoms with van der Waals surface area (Å²) >= 11 is 8.80. The maximum absolute atomic E-state index is 12.5. The van der Waals surface area contributed by atoms with Crippen molar-refractivity contribution in [2.75, 3.05) is 10.6 Å². The topological polar surface area (TPSA) is 102 Å². The molecule has 0 saturated heterocycles. The maximum Gasteiger partial charge on any atom is 0.313 e. The Morgan fingerprint density at radius 2 is 1.63 bits per heavy atom. The minimum absolute atomic E-state index is 0.0298. The molecule has 0 radical (unpaired) electrons. The molecule has 176 valence electrons. The van der Waals surface area contributed by atoms with E-state index < -0.39 is 12.0 Å². The summed E-state index contributed by atoms with van der Waals surface area (Å²) in [5.41, 5.74) is 9.29. The van der Waals surface area contributed by atoms with Crippen molar-refractivity contribution < 1.29 is 9.53 Å².